The predicted molar refractivity (Wildman–Crippen MR) is 77.7 cm³/mol. The van der Waals surface area contributed by atoms with E-state index in [0.29, 0.717) is 12.1 Å². The van der Waals surface area contributed by atoms with Crippen molar-refractivity contribution in [2.45, 2.75) is 46.1 Å². The number of halogens is 2. The number of carbonyl (C=O) groups is 1. The van der Waals surface area contributed by atoms with Crippen molar-refractivity contribution in [1.29, 1.82) is 0 Å². The van der Waals surface area contributed by atoms with Crippen LogP contribution in [-0.4, -0.2) is 33.6 Å². The van der Waals surface area contributed by atoms with Crippen LogP contribution in [-0.2, 0) is 0 Å². The molecule has 1 aromatic rings. The summed E-state index contributed by atoms with van der Waals surface area (Å²) in [6.07, 6.45) is 2.88. The molecule has 0 saturated heterocycles. The minimum atomic E-state index is -0.135. The topological polar surface area (TPSA) is 46.1 Å². The van der Waals surface area contributed by atoms with Gasteiger partial charge in [0.1, 0.15) is 0 Å². The number of aromatic nitrogens is 2. The van der Waals surface area contributed by atoms with Crippen molar-refractivity contribution >= 4 is 29.1 Å². The number of hydrogen-bond acceptors (Lipinski definition) is 3. The van der Waals surface area contributed by atoms with Crippen LogP contribution in [0, 0.1) is 0 Å². The number of amides is 1. The highest BCUT2D eigenvalue weighted by atomic mass is 35.5. The summed E-state index contributed by atoms with van der Waals surface area (Å²) in [5.41, 5.74) is 0.318. The van der Waals surface area contributed by atoms with E-state index in [9.17, 15) is 4.79 Å². The van der Waals surface area contributed by atoms with E-state index in [0.717, 1.165) is 19.3 Å². The summed E-state index contributed by atoms with van der Waals surface area (Å²) in [7, 11) is 0. The fraction of sp³-hybridized carbons (Fsp3) is 0.615. The summed E-state index contributed by atoms with van der Waals surface area (Å²) in [6, 6.07) is 1.63. The zero-order chi connectivity index (χ0) is 14.4. The molecule has 4 nitrogen and oxygen atoms in total. The molecule has 0 N–H and O–H groups in total. The van der Waals surface area contributed by atoms with Crippen LogP contribution in [0.2, 0.25) is 10.3 Å². The van der Waals surface area contributed by atoms with Crippen LogP contribution >= 0.6 is 23.2 Å². The third-order valence-corrected chi connectivity index (χ3v) is 3.55. The standard InChI is InChI=1S/C13H19Cl2N3O/c1-4-6-7-18(9(3)5-2)13(19)10-8-11(14)16-17-12(10)15/h8-9H,4-7H2,1-3H3. The van der Waals surface area contributed by atoms with Crippen molar-refractivity contribution in [3.8, 4) is 0 Å². The number of carbonyl (C=O) groups excluding carboxylic acids is 1. The van der Waals surface area contributed by atoms with E-state index in [-0.39, 0.29) is 22.3 Å². The first kappa shape index (κ1) is 16.2. The van der Waals surface area contributed by atoms with Crippen molar-refractivity contribution in [2.24, 2.45) is 0 Å². The maximum Gasteiger partial charge on any atom is 0.257 e. The maximum atomic E-state index is 12.5. The molecule has 1 rings (SSSR count). The number of hydrogen-bond donors (Lipinski definition) is 0. The van der Waals surface area contributed by atoms with Crippen LogP contribution in [0.1, 0.15) is 50.4 Å². The number of rotatable bonds is 6. The van der Waals surface area contributed by atoms with Gasteiger partial charge in [-0.05, 0) is 25.8 Å². The molecule has 1 heterocycles. The Morgan fingerprint density at radius 2 is 2.05 bits per heavy atom. The molecular formula is C13H19Cl2N3O. The average molecular weight is 304 g/mol. The fourth-order valence-electron chi connectivity index (χ4n) is 1.73. The van der Waals surface area contributed by atoms with Gasteiger partial charge in [-0.1, -0.05) is 43.5 Å². The largest absolute Gasteiger partial charge is 0.336 e. The van der Waals surface area contributed by atoms with Gasteiger partial charge in [0.2, 0.25) is 0 Å². The van der Waals surface area contributed by atoms with E-state index >= 15 is 0 Å². The van der Waals surface area contributed by atoms with Crippen molar-refractivity contribution in [3.05, 3.63) is 21.9 Å². The molecule has 0 fully saturated rings. The summed E-state index contributed by atoms with van der Waals surface area (Å²) in [6.45, 7) is 6.88. The Balaban J connectivity index is 3.00. The normalized spacial score (nSPS) is 12.3. The van der Waals surface area contributed by atoms with E-state index < -0.39 is 0 Å². The summed E-state index contributed by atoms with van der Waals surface area (Å²) < 4.78 is 0. The average Bonchev–Trinajstić information content (AvgIpc) is 2.41. The molecule has 0 aliphatic heterocycles. The molecule has 6 heteroatoms. The minimum absolute atomic E-state index is 0.0965. The van der Waals surface area contributed by atoms with Gasteiger partial charge in [-0.25, -0.2) is 0 Å². The van der Waals surface area contributed by atoms with Crippen molar-refractivity contribution in [2.75, 3.05) is 6.54 Å². The molecule has 0 radical (unpaired) electrons. The Bertz CT molecular complexity index is 440. The summed E-state index contributed by atoms with van der Waals surface area (Å²) in [5, 5.41) is 7.57. The van der Waals surface area contributed by atoms with Crippen LogP contribution in [0.15, 0.2) is 6.07 Å². The van der Waals surface area contributed by atoms with Gasteiger partial charge in [0, 0.05) is 12.6 Å². The Kier molecular flexibility index (Phi) is 6.52. The highest BCUT2D eigenvalue weighted by Crippen LogP contribution is 2.19. The Hall–Kier alpha value is -0.870. The molecule has 19 heavy (non-hydrogen) atoms. The zero-order valence-electron chi connectivity index (χ0n) is 11.5. The lowest BCUT2D eigenvalue weighted by Crippen LogP contribution is -2.39. The van der Waals surface area contributed by atoms with Gasteiger partial charge in [0.05, 0.1) is 5.56 Å². The highest BCUT2D eigenvalue weighted by molar-refractivity contribution is 6.34. The molecule has 1 aromatic heterocycles. The van der Waals surface area contributed by atoms with Crippen LogP contribution in [0.4, 0.5) is 0 Å². The fourth-order valence-corrected chi connectivity index (χ4v) is 2.05. The van der Waals surface area contributed by atoms with E-state index in [1.807, 2.05) is 11.8 Å². The predicted octanol–water partition coefficient (Wildman–Crippen LogP) is 3.82. The van der Waals surface area contributed by atoms with E-state index in [1.165, 1.54) is 6.07 Å². The van der Waals surface area contributed by atoms with E-state index in [4.69, 9.17) is 23.2 Å². The monoisotopic (exact) mass is 303 g/mol. The summed E-state index contributed by atoms with van der Waals surface area (Å²) in [4.78, 5) is 14.4. The van der Waals surface area contributed by atoms with Gasteiger partial charge in [-0.2, -0.15) is 0 Å². The van der Waals surface area contributed by atoms with Crippen LogP contribution in [0.3, 0.4) is 0 Å². The smallest absolute Gasteiger partial charge is 0.257 e. The zero-order valence-corrected chi connectivity index (χ0v) is 13.0. The molecule has 1 atom stereocenters. The number of unbranched alkanes of at least 4 members (excludes halogenated alkanes) is 1. The summed E-state index contributed by atoms with van der Waals surface area (Å²) in [5.74, 6) is -0.135. The first-order valence-electron chi connectivity index (χ1n) is 6.50. The molecule has 0 aliphatic carbocycles. The number of nitrogens with zero attached hydrogens (tertiary/aromatic N) is 3. The molecule has 0 aliphatic rings. The lowest BCUT2D eigenvalue weighted by atomic mass is 10.1. The van der Waals surface area contributed by atoms with Gasteiger partial charge >= 0.3 is 0 Å². The Morgan fingerprint density at radius 1 is 1.37 bits per heavy atom. The SMILES string of the molecule is CCCCN(C(=O)c1cc(Cl)nnc1Cl)C(C)CC. The summed E-state index contributed by atoms with van der Waals surface area (Å²) >= 11 is 11.7. The van der Waals surface area contributed by atoms with E-state index in [1.54, 1.807) is 0 Å². The quantitative estimate of drug-likeness (QED) is 0.802. The lowest BCUT2D eigenvalue weighted by Gasteiger charge is -2.28. The van der Waals surface area contributed by atoms with Crippen molar-refractivity contribution < 1.29 is 4.79 Å². The molecule has 106 valence electrons. The van der Waals surface area contributed by atoms with Crippen molar-refractivity contribution in [3.63, 3.8) is 0 Å². The third-order valence-electron chi connectivity index (χ3n) is 3.09. The van der Waals surface area contributed by atoms with Crippen LogP contribution < -0.4 is 0 Å². The lowest BCUT2D eigenvalue weighted by molar-refractivity contribution is 0.0685. The van der Waals surface area contributed by atoms with Gasteiger partial charge < -0.3 is 4.90 Å². The molecule has 0 aromatic carbocycles. The Labute approximate surface area is 124 Å². The van der Waals surface area contributed by atoms with Gasteiger partial charge in [-0.15, -0.1) is 10.2 Å². The molecule has 1 amide bonds. The van der Waals surface area contributed by atoms with Gasteiger partial charge in [0.25, 0.3) is 5.91 Å². The highest BCUT2D eigenvalue weighted by Gasteiger charge is 2.23. The maximum absolute atomic E-state index is 12.5. The van der Waals surface area contributed by atoms with Crippen LogP contribution in [0.5, 0.6) is 0 Å². The minimum Gasteiger partial charge on any atom is -0.336 e. The molecular weight excluding hydrogens is 285 g/mol. The molecule has 1 unspecified atom stereocenters. The second-order valence-corrected chi connectivity index (χ2v) is 5.23. The second kappa shape index (κ2) is 7.65. The first-order valence-corrected chi connectivity index (χ1v) is 7.26. The van der Waals surface area contributed by atoms with Gasteiger partial charge in [0.15, 0.2) is 10.3 Å². The first-order chi connectivity index (χ1) is 9.01. The van der Waals surface area contributed by atoms with Crippen LogP contribution in [0.25, 0.3) is 0 Å². The second-order valence-electron chi connectivity index (χ2n) is 4.48. The van der Waals surface area contributed by atoms with E-state index in [2.05, 4.69) is 24.0 Å². The third kappa shape index (κ3) is 4.32. The molecule has 0 saturated carbocycles. The molecule has 0 bridgehead atoms. The Morgan fingerprint density at radius 3 is 2.63 bits per heavy atom. The molecule has 0 spiro atoms. The van der Waals surface area contributed by atoms with Gasteiger partial charge in [-0.3, -0.25) is 4.79 Å². The van der Waals surface area contributed by atoms with Crippen molar-refractivity contribution in [1.82, 2.24) is 15.1 Å².